The molecule has 3 nitrogen and oxygen atoms in total. The lowest BCUT2D eigenvalue weighted by Gasteiger charge is -2.22. The van der Waals surface area contributed by atoms with Gasteiger partial charge in [0.15, 0.2) is 0 Å². The monoisotopic (exact) mass is 264 g/mol. The van der Waals surface area contributed by atoms with Crippen LogP contribution in [0.1, 0.15) is 41.5 Å². The number of nitrogens with one attached hydrogen (secondary N) is 1. The van der Waals surface area contributed by atoms with E-state index in [1.54, 1.807) is 0 Å². The van der Waals surface area contributed by atoms with Gasteiger partial charge in [0.05, 0.1) is 12.1 Å². The molecule has 98 valence electrons. The molecule has 1 heterocycles. The Labute approximate surface area is 112 Å². The smallest absolute Gasteiger partial charge is 0.240 e. The van der Waals surface area contributed by atoms with Crippen molar-refractivity contribution in [1.29, 1.82) is 0 Å². The molecule has 1 unspecified atom stereocenters. The summed E-state index contributed by atoms with van der Waals surface area (Å²) in [6, 6.07) is 2.25. The van der Waals surface area contributed by atoms with Crippen LogP contribution in [0.5, 0.6) is 0 Å². The second kappa shape index (κ2) is 4.35. The number of fused-ring (bicyclic) bond motifs is 1. The summed E-state index contributed by atoms with van der Waals surface area (Å²) in [5, 5.41) is 3.00. The molecule has 1 fully saturated rings. The van der Waals surface area contributed by atoms with Crippen LogP contribution in [-0.4, -0.2) is 11.4 Å². The zero-order valence-corrected chi connectivity index (χ0v) is 11.6. The first-order chi connectivity index (χ1) is 8.57. The average molecular weight is 264 g/mol. The maximum atomic E-state index is 12.1. The van der Waals surface area contributed by atoms with Crippen molar-refractivity contribution in [3.63, 3.8) is 0 Å². The van der Waals surface area contributed by atoms with Crippen LogP contribution in [-0.2, 0) is 24.2 Å². The van der Waals surface area contributed by atoms with E-state index in [0.29, 0.717) is 12.5 Å². The molecular weight excluding hydrogens is 244 g/mol. The molecule has 2 aliphatic rings. The Balaban J connectivity index is 1.58. The van der Waals surface area contributed by atoms with Crippen LogP contribution < -0.4 is 11.1 Å². The zero-order chi connectivity index (χ0) is 12.8. The third-order valence-electron chi connectivity index (χ3n) is 4.14. The fourth-order valence-electron chi connectivity index (χ4n) is 2.70. The molecule has 3 rings (SSSR count). The summed E-state index contributed by atoms with van der Waals surface area (Å²) >= 11 is 1.84. The van der Waals surface area contributed by atoms with E-state index in [1.165, 1.54) is 34.6 Å². The number of carbonyl (C=O) groups excluding carboxylic acids is 1. The normalized spacial score (nSPS) is 21.4. The highest BCUT2D eigenvalue weighted by Crippen LogP contribution is 2.38. The summed E-state index contributed by atoms with van der Waals surface area (Å²) in [4.78, 5) is 14.8. The molecule has 18 heavy (non-hydrogen) atoms. The third-order valence-corrected chi connectivity index (χ3v) is 5.37. The maximum Gasteiger partial charge on any atom is 0.240 e. The molecule has 0 aromatic carbocycles. The summed E-state index contributed by atoms with van der Waals surface area (Å²) in [5.41, 5.74) is 6.90. The predicted octanol–water partition coefficient (Wildman–Crippen LogP) is 1.98. The number of hydrogen-bond acceptors (Lipinski definition) is 3. The number of thiophene rings is 1. The lowest BCUT2D eigenvalue weighted by Crippen LogP contribution is -2.53. The van der Waals surface area contributed by atoms with Crippen LogP contribution in [0.15, 0.2) is 6.07 Å². The minimum atomic E-state index is -0.681. The standard InChI is InChI=1S/C14H20N2OS/c1-14(15,10-5-6-10)13(17)16-8-11-7-9-3-2-4-12(9)18-11/h7,10H,2-6,8,15H2,1H3,(H,16,17). The predicted molar refractivity (Wildman–Crippen MR) is 73.5 cm³/mol. The quantitative estimate of drug-likeness (QED) is 0.873. The first kappa shape index (κ1) is 12.2. The van der Waals surface area contributed by atoms with Crippen molar-refractivity contribution in [2.24, 2.45) is 11.7 Å². The molecular formula is C14H20N2OS. The van der Waals surface area contributed by atoms with Crippen molar-refractivity contribution in [1.82, 2.24) is 5.32 Å². The Morgan fingerprint density at radius 1 is 1.56 bits per heavy atom. The number of carbonyl (C=O) groups is 1. The van der Waals surface area contributed by atoms with Gasteiger partial charge in [0, 0.05) is 9.75 Å². The number of hydrogen-bond donors (Lipinski definition) is 2. The largest absolute Gasteiger partial charge is 0.350 e. The molecule has 0 radical (unpaired) electrons. The summed E-state index contributed by atoms with van der Waals surface area (Å²) in [6.07, 6.45) is 5.89. The van der Waals surface area contributed by atoms with E-state index < -0.39 is 5.54 Å². The van der Waals surface area contributed by atoms with Crippen molar-refractivity contribution in [2.45, 2.75) is 51.1 Å². The van der Waals surface area contributed by atoms with Gasteiger partial charge in [-0.05, 0) is 56.6 Å². The highest BCUT2D eigenvalue weighted by atomic mass is 32.1. The van der Waals surface area contributed by atoms with E-state index in [1.807, 2.05) is 18.3 Å². The van der Waals surface area contributed by atoms with Crippen LogP contribution in [0.25, 0.3) is 0 Å². The SMILES string of the molecule is CC(N)(C(=O)NCc1cc2c(s1)CCC2)C1CC1. The molecule has 1 amide bonds. The molecule has 1 aromatic rings. The van der Waals surface area contributed by atoms with Gasteiger partial charge in [0.2, 0.25) is 5.91 Å². The van der Waals surface area contributed by atoms with Crippen LogP contribution in [0, 0.1) is 5.92 Å². The Morgan fingerprint density at radius 2 is 2.33 bits per heavy atom. The molecule has 0 saturated heterocycles. The topological polar surface area (TPSA) is 55.1 Å². The Bertz CT molecular complexity index is 453. The number of rotatable bonds is 4. The number of aryl methyl sites for hydroxylation is 2. The van der Waals surface area contributed by atoms with Crippen LogP contribution in [0.2, 0.25) is 0 Å². The first-order valence-corrected chi connectivity index (χ1v) is 7.56. The van der Waals surface area contributed by atoms with Gasteiger partial charge in [-0.2, -0.15) is 0 Å². The second-order valence-electron chi connectivity index (χ2n) is 5.75. The first-order valence-electron chi connectivity index (χ1n) is 6.75. The second-order valence-corrected chi connectivity index (χ2v) is 6.98. The van der Waals surface area contributed by atoms with Gasteiger partial charge in [0.25, 0.3) is 0 Å². The molecule has 1 saturated carbocycles. The Morgan fingerprint density at radius 3 is 3.00 bits per heavy atom. The van der Waals surface area contributed by atoms with Crippen LogP contribution >= 0.6 is 11.3 Å². The summed E-state index contributed by atoms with van der Waals surface area (Å²) in [6.45, 7) is 2.49. The Kier molecular flexibility index (Phi) is 2.94. The molecule has 1 atom stereocenters. The maximum absolute atomic E-state index is 12.1. The van der Waals surface area contributed by atoms with Crippen molar-refractivity contribution < 1.29 is 4.79 Å². The molecule has 0 aliphatic heterocycles. The summed E-state index contributed by atoms with van der Waals surface area (Å²) in [7, 11) is 0. The van der Waals surface area contributed by atoms with Crippen molar-refractivity contribution in [3.05, 3.63) is 21.4 Å². The molecule has 4 heteroatoms. The van der Waals surface area contributed by atoms with E-state index in [9.17, 15) is 4.79 Å². The van der Waals surface area contributed by atoms with E-state index in [2.05, 4.69) is 11.4 Å². The van der Waals surface area contributed by atoms with Crippen molar-refractivity contribution in [2.75, 3.05) is 0 Å². The van der Waals surface area contributed by atoms with Gasteiger partial charge in [0.1, 0.15) is 0 Å². The lowest BCUT2D eigenvalue weighted by molar-refractivity contribution is -0.126. The Hall–Kier alpha value is -0.870. The van der Waals surface area contributed by atoms with E-state index >= 15 is 0 Å². The fourth-order valence-corrected chi connectivity index (χ4v) is 3.90. The third kappa shape index (κ3) is 2.19. The molecule has 2 aliphatic carbocycles. The average Bonchev–Trinajstić information content (AvgIpc) is 2.99. The van der Waals surface area contributed by atoms with E-state index in [4.69, 9.17) is 5.73 Å². The number of nitrogens with two attached hydrogens (primary N) is 1. The van der Waals surface area contributed by atoms with Gasteiger partial charge in [-0.3, -0.25) is 4.79 Å². The molecule has 0 spiro atoms. The number of amides is 1. The zero-order valence-electron chi connectivity index (χ0n) is 10.8. The van der Waals surface area contributed by atoms with Crippen molar-refractivity contribution in [3.8, 4) is 0 Å². The molecule has 0 bridgehead atoms. The summed E-state index contributed by atoms with van der Waals surface area (Å²) in [5.74, 6) is 0.379. The lowest BCUT2D eigenvalue weighted by atomic mass is 9.96. The van der Waals surface area contributed by atoms with Gasteiger partial charge >= 0.3 is 0 Å². The minimum absolute atomic E-state index is 0.00133. The van der Waals surface area contributed by atoms with Crippen molar-refractivity contribution >= 4 is 17.2 Å². The fraction of sp³-hybridized carbons (Fsp3) is 0.643. The van der Waals surface area contributed by atoms with Crippen LogP contribution in [0.3, 0.4) is 0 Å². The minimum Gasteiger partial charge on any atom is -0.350 e. The molecule has 3 N–H and O–H groups in total. The highest BCUT2D eigenvalue weighted by Gasteiger charge is 2.43. The van der Waals surface area contributed by atoms with Gasteiger partial charge < -0.3 is 11.1 Å². The van der Waals surface area contributed by atoms with Crippen LogP contribution in [0.4, 0.5) is 0 Å². The van der Waals surface area contributed by atoms with Gasteiger partial charge in [-0.1, -0.05) is 0 Å². The summed E-state index contributed by atoms with van der Waals surface area (Å²) < 4.78 is 0. The highest BCUT2D eigenvalue weighted by molar-refractivity contribution is 7.12. The van der Waals surface area contributed by atoms with Gasteiger partial charge in [-0.15, -0.1) is 11.3 Å². The molecule has 1 aromatic heterocycles. The van der Waals surface area contributed by atoms with Gasteiger partial charge in [-0.25, -0.2) is 0 Å². The van der Waals surface area contributed by atoms with E-state index in [0.717, 1.165) is 12.8 Å². The van der Waals surface area contributed by atoms with E-state index in [-0.39, 0.29) is 5.91 Å².